The topological polar surface area (TPSA) is 121 Å². The summed E-state index contributed by atoms with van der Waals surface area (Å²) >= 11 is 0. The van der Waals surface area contributed by atoms with Crippen molar-refractivity contribution in [3.8, 4) is 0 Å². The maximum absolute atomic E-state index is 9.34. The van der Waals surface area contributed by atoms with Crippen molar-refractivity contribution in [2.75, 3.05) is 13.2 Å². The van der Waals surface area contributed by atoms with Gasteiger partial charge in [-0.25, -0.2) is 0 Å². The van der Waals surface area contributed by atoms with Crippen LogP contribution in [0, 0.1) is 5.92 Å². The Morgan fingerprint density at radius 3 is 1.64 bits per heavy atom. The standard InChI is InChI=1S/C8H18O6/c1-4(2-9)6(12)8(14)7(13)5(11)3-10/h4-14H,2-3H2,1H3/t4?,5-,6-,7?,8?/m1/s1. The van der Waals surface area contributed by atoms with E-state index in [0.717, 1.165) is 0 Å². The molecule has 0 aliphatic heterocycles. The summed E-state index contributed by atoms with van der Waals surface area (Å²) in [7, 11) is 0. The van der Waals surface area contributed by atoms with E-state index in [1.807, 2.05) is 0 Å². The molecule has 0 amide bonds. The lowest BCUT2D eigenvalue weighted by molar-refractivity contribution is -0.129. The van der Waals surface area contributed by atoms with Crippen molar-refractivity contribution in [2.45, 2.75) is 31.3 Å². The van der Waals surface area contributed by atoms with Crippen LogP contribution in [0.25, 0.3) is 0 Å². The Kier molecular flexibility index (Phi) is 6.17. The lowest BCUT2D eigenvalue weighted by Crippen LogP contribution is -2.48. The van der Waals surface area contributed by atoms with Crippen LogP contribution >= 0.6 is 0 Å². The lowest BCUT2D eigenvalue weighted by atomic mass is 9.95. The number of rotatable bonds is 6. The van der Waals surface area contributed by atoms with Crippen LogP contribution in [0.5, 0.6) is 0 Å². The molecule has 14 heavy (non-hydrogen) atoms. The van der Waals surface area contributed by atoms with E-state index in [9.17, 15) is 15.3 Å². The largest absolute Gasteiger partial charge is 0.396 e. The molecule has 0 rings (SSSR count). The van der Waals surface area contributed by atoms with E-state index in [1.165, 1.54) is 6.92 Å². The highest BCUT2D eigenvalue weighted by Gasteiger charge is 2.32. The van der Waals surface area contributed by atoms with E-state index in [-0.39, 0.29) is 6.61 Å². The molecule has 0 aromatic heterocycles. The minimum absolute atomic E-state index is 0.347. The molecule has 0 heterocycles. The molecule has 0 saturated carbocycles. The van der Waals surface area contributed by atoms with Gasteiger partial charge in [0.25, 0.3) is 0 Å². The molecule has 0 aromatic carbocycles. The van der Waals surface area contributed by atoms with E-state index >= 15 is 0 Å². The maximum atomic E-state index is 9.34. The Morgan fingerprint density at radius 2 is 1.29 bits per heavy atom. The van der Waals surface area contributed by atoms with Crippen LogP contribution in [-0.2, 0) is 0 Å². The monoisotopic (exact) mass is 210 g/mol. The van der Waals surface area contributed by atoms with Gasteiger partial charge in [0.1, 0.15) is 18.3 Å². The number of aliphatic hydroxyl groups is 6. The summed E-state index contributed by atoms with van der Waals surface area (Å²) in [6.07, 6.45) is -6.09. The van der Waals surface area contributed by atoms with Crippen molar-refractivity contribution in [2.24, 2.45) is 5.92 Å². The van der Waals surface area contributed by atoms with E-state index in [0.29, 0.717) is 0 Å². The van der Waals surface area contributed by atoms with Gasteiger partial charge in [0.15, 0.2) is 0 Å². The van der Waals surface area contributed by atoms with Crippen molar-refractivity contribution in [3.05, 3.63) is 0 Å². The SMILES string of the molecule is CC(CO)[C@@H](O)C(O)C(O)[C@H](O)CO. The lowest BCUT2D eigenvalue weighted by Gasteiger charge is -2.28. The summed E-state index contributed by atoms with van der Waals surface area (Å²) in [6, 6.07) is 0. The van der Waals surface area contributed by atoms with Gasteiger partial charge in [-0.15, -0.1) is 0 Å². The van der Waals surface area contributed by atoms with Crippen LogP contribution in [0.3, 0.4) is 0 Å². The van der Waals surface area contributed by atoms with Crippen LogP contribution in [0.15, 0.2) is 0 Å². The van der Waals surface area contributed by atoms with Gasteiger partial charge < -0.3 is 30.6 Å². The van der Waals surface area contributed by atoms with Gasteiger partial charge in [0.05, 0.1) is 12.7 Å². The molecule has 86 valence electrons. The molecule has 0 radical (unpaired) electrons. The molecule has 6 heteroatoms. The Bertz CT molecular complexity index is 137. The third-order valence-electron chi connectivity index (χ3n) is 2.15. The van der Waals surface area contributed by atoms with Gasteiger partial charge in [0.2, 0.25) is 0 Å². The highest BCUT2D eigenvalue weighted by atomic mass is 16.4. The predicted octanol–water partition coefficient (Wildman–Crippen LogP) is -2.95. The van der Waals surface area contributed by atoms with Crippen LogP contribution < -0.4 is 0 Å². The fourth-order valence-corrected chi connectivity index (χ4v) is 0.982. The third-order valence-corrected chi connectivity index (χ3v) is 2.15. The molecule has 6 nitrogen and oxygen atoms in total. The van der Waals surface area contributed by atoms with E-state index in [2.05, 4.69) is 0 Å². The van der Waals surface area contributed by atoms with Gasteiger partial charge in [-0.05, 0) is 0 Å². The van der Waals surface area contributed by atoms with Gasteiger partial charge in [-0.1, -0.05) is 6.92 Å². The van der Waals surface area contributed by atoms with E-state index < -0.39 is 36.9 Å². The Balaban J connectivity index is 4.22. The zero-order valence-electron chi connectivity index (χ0n) is 7.98. The van der Waals surface area contributed by atoms with E-state index in [1.54, 1.807) is 0 Å². The minimum Gasteiger partial charge on any atom is -0.396 e. The molecule has 3 unspecified atom stereocenters. The van der Waals surface area contributed by atoms with Crippen molar-refractivity contribution in [1.82, 2.24) is 0 Å². The molecule has 0 saturated heterocycles. The molecular formula is C8H18O6. The van der Waals surface area contributed by atoms with Crippen molar-refractivity contribution < 1.29 is 30.6 Å². The second-order valence-electron chi connectivity index (χ2n) is 3.38. The molecule has 6 N–H and O–H groups in total. The zero-order valence-corrected chi connectivity index (χ0v) is 7.98. The normalized spacial score (nSPS) is 22.5. The van der Waals surface area contributed by atoms with Crippen LogP contribution in [0.2, 0.25) is 0 Å². The fourth-order valence-electron chi connectivity index (χ4n) is 0.982. The molecule has 0 spiro atoms. The van der Waals surface area contributed by atoms with Gasteiger partial charge in [-0.3, -0.25) is 0 Å². The highest BCUT2D eigenvalue weighted by Crippen LogP contribution is 2.12. The first-order valence-electron chi connectivity index (χ1n) is 4.39. The number of aliphatic hydroxyl groups excluding tert-OH is 6. The summed E-state index contributed by atoms with van der Waals surface area (Å²) in [5.41, 5.74) is 0. The summed E-state index contributed by atoms with van der Waals surface area (Å²) < 4.78 is 0. The summed E-state index contributed by atoms with van der Waals surface area (Å²) in [5, 5.41) is 54.0. The summed E-state index contributed by atoms with van der Waals surface area (Å²) in [6.45, 7) is 0.421. The number of hydrogen-bond donors (Lipinski definition) is 6. The smallest absolute Gasteiger partial charge is 0.110 e. The predicted molar refractivity (Wildman–Crippen MR) is 47.4 cm³/mol. The maximum Gasteiger partial charge on any atom is 0.110 e. The van der Waals surface area contributed by atoms with Crippen molar-refractivity contribution in [3.63, 3.8) is 0 Å². The summed E-state index contributed by atoms with van der Waals surface area (Å²) in [5.74, 6) is -0.620. The van der Waals surface area contributed by atoms with Crippen LogP contribution in [0.1, 0.15) is 6.92 Å². The molecule has 0 aromatic rings. The quantitative estimate of drug-likeness (QED) is 0.279. The minimum atomic E-state index is -1.64. The van der Waals surface area contributed by atoms with E-state index in [4.69, 9.17) is 15.3 Å². The van der Waals surface area contributed by atoms with Gasteiger partial charge >= 0.3 is 0 Å². The molecule has 0 bridgehead atoms. The first-order valence-corrected chi connectivity index (χ1v) is 4.39. The molecule has 0 aliphatic rings. The zero-order chi connectivity index (χ0) is 11.3. The average Bonchev–Trinajstić information content (AvgIpc) is 2.23. The highest BCUT2D eigenvalue weighted by molar-refractivity contribution is 4.82. The van der Waals surface area contributed by atoms with Crippen LogP contribution in [-0.4, -0.2) is 68.3 Å². The second kappa shape index (κ2) is 6.28. The van der Waals surface area contributed by atoms with Crippen LogP contribution in [0.4, 0.5) is 0 Å². The van der Waals surface area contributed by atoms with Crippen molar-refractivity contribution >= 4 is 0 Å². The number of hydrogen-bond acceptors (Lipinski definition) is 6. The first-order chi connectivity index (χ1) is 6.45. The average molecular weight is 210 g/mol. The fraction of sp³-hybridized carbons (Fsp3) is 1.00. The van der Waals surface area contributed by atoms with Gasteiger partial charge in [0, 0.05) is 12.5 Å². The Labute approximate surface area is 82.1 Å². The molecule has 0 aliphatic carbocycles. The first kappa shape index (κ1) is 13.8. The Morgan fingerprint density at radius 1 is 0.786 bits per heavy atom. The molecule has 0 fully saturated rings. The molecule has 5 atom stereocenters. The molecular weight excluding hydrogens is 192 g/mol. The Hall–Kier alpha value is -0.240. The second-order valence-corrected chi connectivity index (χ2v) is 3.38. The third kappa shape index (κ3) is 3.49. The van der Waals surface area contributed by atoms with Gasteiger partial charge in [-0.2, -0.15) is 0 Å². The summed E-state index contributed by atoms with van der Waals surface area (Å²) in [4.78, 5) is 0. The van der Waals surface area contributed by atoms with Crippen molar-refractivity contribution in [1.29, 1.82) is 0 Å².